The molecule has 0 bridgehead atoms. The number of nitro benzene ring substituents is 1. The zero-order valence-electron chi connectivity index (χ0n) is 11.5. The Labute approximate surface area is 122 Å². The van der Waals surface area contributed by atoms with Gasteiger partial charge in [0.1, 0.15) is 0 Å². The van der Waals surface area contributed by atoms with Crippen molar-refractivity contribution in [1.82, 2.24) is 4.72 Å². The van der Waals surface area contributed by atoms with E-state index in [0.29, 0.717) is 13.0 Å². The fourth-order valence-electron chi connectivity index (χ4n) is 2.29. The van der Waals surface area contributed by atoms with Gasteiger partial charge in [-0.1, -0.05) is 0 Å². The van der Waals surface area contributed by atoms with E-state index < -0.39 is 31.1 Å². The van der Waals surface area contributed by atoms with Gasteiger partial charge in [-0.05, 0) is 31.9 Å². The summed E-state index contributed by atoms with van der Waals surface area (Å²) in [5.41, 5.74) is 4.41. The molecule has 0 amide bonds. The molecule has 21 heavy (non-hydrogen) atoms. The summed E-state index contributed by atoms with van der Waals surface area (Å²) in [7, 11) is -4.07. The number of ether oxygens (including phenoxy) is 1. The van der Waals surface area contributed by atoms with Crippen LogP contribution < -0.4 is 10.5 Å². The van der Waals surface area contributed by atoms with Crippen molar-refractivity contribution in [2.24, 2.45) is 0 Å². The van der Waals surface area contributed by atoms with Crippen LogP contribution in [0.1, 0.15) is 19.8 Å². The van der Waals surface area contributed by atoms with E-state index in [2.05, 4.69) is 4.72 Å². The molecule has 1 aromatic rings. The van der Waals surface area contributed by atoms with E-state index in [9.17, 15) is 18.5 Å². The van der Waals surface area contributed by atoms with Crippen LogP contribution in [0.4, 0.5) is 11.4 Å². The normalized spacial score (nSPS) is 22.9. The standard InChI is InChI=1S/C12H17N3O5S/c1-12(5-2-6-20-8-12)14-21(18,19)11-7-9(13)3-4-10(11)15(16)17/h3-4,7,14H,2,5-6,8,13H2,1H3. The second kappa shape index (κ2) is 5.58. The first-order valence-corrected chi connectivity index (χ1v) is 7.87. The zero-order valence-corrected chi connectivity index (χ0v) is 12.4. The number of anilines is 1. The highest BCUT2D eigenvalue weighted by molar-refractivity contribution is 7.89. The molecule has 1 aliphatic heterocycles. The molecule has 9 heteroatoms. The van der Waals surface area contributed by atoms with E-state index in [0.717, 1.165) is 18.6 Å². The third-order valence-electron chi connectivity index (χ3n) is 3.29. The highest BCUT2D eigenvalue weighted by atomic mass is 32.2. The minimum atomic E-state index is -4.07. The van der Waals surface area contributed by atoms with Crippen molar-refractivity contribution in [3.63, 3.8) is 0 Å². The van der Waals surface area contributed by atoms with Gasteiger partial charge in [0.15, 0.2) is 4.90 Å². The number of benzene rings is 1. The number of nitrogens with zero attached hydrogens (tertiary/aromatic N) is 1. The van der Waals surface area contributed by atoms with Crippen LogP contribution in [0.3, 0.4) is 0 Å². The molecule has 116 valence electrons. The molecule has 0 radical (unpaired) electrons. The van der Waals surface area contributed by atoms with Gasteiger partial charge in [0, 0.05) is 18.4 Å². The number of hydrogen-bond donors (Lipinski definition) is 2. The monoisotopic (exact) mass is 315 g/mol. The van der Waals surface area contributed by atoms with Crippen molar-refractivity contribution in [3.05, 3.63) is 28.3 Å². The minimum Gasteiger partial charge on any atom is -0.399 e. The predicted octanol–water partition coefficient (Wildman–Crippen LogP) is 1.02. The Bertz CT molecular complexity index is 653. The molecule has 1 atom stereocenters. The lowest BCUT2D eigenvalue weighted by atomic mass is 9.97. The molecule has 2 rings (SSSR count). The smallest absolute Gasteiger partial charge is 0.289 e. The van der Waals surface area contributed by atoms with E-state index in [4.69, 9.17) is 10.5 Å². The number of sulfonamides is 1. The van der Waals surface area contributed by atoms with E-state index >= 15 is 0 Å². The summed E-state index contributed by atoms with van der Waals surface area (Å²) >= 11 is 0. The number of nitrogen functional groups attached to an aromatic ring is 1. The van der Waals surface area contributed by atoms with E-state index in [1.165, 1.54) is 6.07 Å². The van der Waals surface area contributed by atoms with Crippen molar-refractivity contribution in [2.45, 2.75) is 30.2 Å². The largest absolute Gasteiger partial charge is 0.399 e. The average molecular weight is 315 g/mol. The summed E-state index contributed by atoms with van der Waals surface area (Å²) in [5.74, 6) is 0. The second-order valence-electron chi connectivity index (χ2n) is 5.31. The van der Waals surface area contributed by atoms with Gasteiger partial charge in [0.05, 0.1) is 17.1 Å². The van der Waals surface area contributed by atoms with Crippen LogP contribution in [0.2, 0.25) is 0 Å². The molecule has 3 N–H and O–H groups in total. The van der Waals surface area contributed by atoms with Gasteiger partial charge in [0.25, 0.3) is 5.69 Å². The molecule has 1 unspecified atom stereocenters. The molecule has 0 saturated carbocycles. The van der Waals surface area contributed by atoms with Crippen molar-refractivity contribution in [1.29, 1.82) is 0 Å². The summed E-state index contributed by atoms with van der Waals surface area (Å²) in [6.07, 6.45) is 1.32. The molecule has 1 saturated heterocycles. The first kappa shape index (κ1) is 15.7. The first-order valence-electron chi connectivity index (χ1n) is 6.39. The number of hydrogen-bond acceptors (Lipinski definition) is 6. The Morgan fingerprint density at radius 1 is 1.48 bits per heavy atom. The molecule has 0 aliphatic carbocycles. The van der Waals surface area contributed by atoms with Crippen LogP contribution >= 0.6 is 0 Å². The van der Waals surface area contributed by atoms with Gasteiger partial charge in [-0.2, -0.15) is 0 Å². The summed E-state index contributed by atoms with van der Waals surface area (Å²) < 4.78 is 32.7. The predicted molar refractivity (Wildman–Crippen MR) is 76.3 cm³/mol. The van der Waals surface area contributed by atoms with E-state index in [1.807, 2.05) is 0 Å². The van der Waals surface area contributed by atoms with Gasteiger partial charge in [-0.15, -0.1) is 0 Å². The maximum atomic E-state index is 12.5. The minimum absolute atomic E-state index is 0.144. The van der Waals surface area contributed by atoms with Crippen molar-refractivity contribution < 1.29 is 18.1 Å². The first-order chi connectivity index (χ1) is 9.73. The van der Waals surface area contributed by atoms with Crippen molar-refractivity contribution >= 4 is 21.4 Å². The molecular weight excluding hydrogens is 298 g/mol. The summed E-state index contributed by atoms with van der Waals surface area (Å²) in [6, 6.07) is 3.47. The molecule has 1 aliphatic rings. The molecule has 1 heterocycles. The van der Waals surface area contributed by atoms with Crippen LogP contribution in [0.15, 0.2) is 23.1 Å². The molecule has 1 fully saturated rings. The topological polar surface area (TPSA) is 125 Å². The Hall–Kier alpha value is -1.71. The Kier molecular flexibility index (Phi) is 4.17. The number of nitrogens with two attached hydrogens (primary N) is 1. The molecule has 8 nitrogen and oxygen atoms in total. The van der Waals surface area contributed by atoms with E-state index in [-0.39, 0.29) is 12.3 Å². The maximum Gasteiger partial charge on any atom is 0.289 e. The lowest BCUT2D eigenvalue weighted by Crippen LogP contribution is -2.51. The lowest BCUT2D eigenvalue weighted by Gasteiger charge is -2.33. The van der Waals surface area contributed by atoms with Gasteiger partial charge < -0.3 is 10.5 Å². The van der Waals surface area contributed by atoms with Crippen LogP contribution in [0.5, 0.6) is 0 Å². The Morgan fingerprint density at radius 3 is 2.76 bits per heavy atom. The van der Waals surface area contributed by atoms with Crippen LogP contribution in [0, 0.1) is 10.1 Å². The highest BCUT2D eigenvalue weighted by Crippen LogP contribution is 2.28. The molecule has 0 spiro atoms. The van der Waals surface area contributed by atoms with Crippen molar-refractivity contribution in [3.8, 4) is 0 Å². The lowest BCUT2D eigenvalue weighted by molar-refractivity contribution is -0.387. The third kappa shape index (κ3) is 3.49. The summed E-state index contributed by atoms with van der Waals surface area (Å²) in [5, 5.41) is 11.0. The third-order valence-corrected chi connectivity index (χ3v) is 4.96. The van der Waals surface area contributed by atoms with Gasteiger partial charge in [-0.3, -0.25) is 10.1 Å². The fourth-order valence-corrected chi connectivity index (χ4v) is 3.92. The van der Waals surface area contributed by atoms with Crippen LogP contribution in [-0.4, -0.2) is 32.1 Å². The number of nitro groups is 1. The Balaban J connectivity index is 2.39. The maximum absolute atomic E-state index is 12.5. The molecular formula is C12H17N3O5S. The van der Waals surface area contributed by atoms with Crippen LogP contribution in [-0.2, 0) is 14.8 Å². The quantitative estimate of drug-likeness (QED) is 0.485. The zero-order chi connectivity index (χ0) is 15.7. The highest BCUT2D eigenvalue weighted by Gasteiger charge is 2.35. The SMILES string of the molecule is CC1(NS(=O)(=O)c2cc(N)ccc2[N+](=O)[O-])CCCOC1. The molecule has 0 aromatic heterocycles. The van der Waals surface area contributed by atoms with E-state index in [1.54, 1.807) is 6.92 Å². The average Bonchev–Trinajstić information content (AvgIpc) is 2.37. The molecule has 1 aromatic carbocycles. The second-order valence-corrected chi connectivity index (χ2v) is 6.96. The fraction of sp³-hybridized carbons (Fsp3) is 0.500. The van der Waals surface area contributed by atoms with Gasteiger partial charge in [-0.25, -0.2) is 13.1 Å². The van der Waals surface area contributed by atoms with Crippen molar-refractivity contribution in [2.75, 3.05) is 18.9 Å². The van der Waals surface area contributed by atoms with Gasteiger partial charge in [0.2, 0.25) is 10.0 Å². The summed E-state index contributed by atoms with van der Waals surface area (Å²) in [6.45, 7) is 2.51. The van der Waals surface area contributed by atoms with Gasteiger partial charge >= 0.3 is 0 Å². The van der Waals surface area contributed by atoms with Crippen LogP contribution in [0.25, 0.3) is 0 Å². The Morgan fingerprint density at radius 2 is 2.19 bits per heavy atom. The number of nitrogens with one attached hydrogen (secondary N) is 1. The number of rotatable bonds is 4. The summed E-state index contributed by atoms with van der Waals surface area (Å²) in [4.78, 5) is 9.83.